The Labute approximate surface area is 334 Å². The number of aromatic hydroxyl groups is 1. The number of hydrogen-bond donors (Lipinski definition) is 1. The summed E-state index contributed by atoms with van der Waals surface area (Å²) in [5, 5.41) is 10.6. The van der Waals surface area contributed by atoms with Crippen molar-refractivity contribution in [1.82, 2.24) is 0 Å². The van der Waals surface area contributed by atoms with Gasteiger partial charge in [-0.15, -0.1) is 0 Å². The van der Waals surface area contributed by atoms with Crippen LogP contribution < -0.4 is 4.74 Å². The second-order valence-corrected chi connectivity index (χ2v) is 19.1. The summed E-state index contributed by atoms with van der Waals surface area (Å²) in [7, 11) is 0. The minimum atomic E-state index is -0.0497. The molecule has 4 aliphatic rings. The highest BCUT2D eigenvalue weighted by Gasteiger charge is 2.59. The molecular weight excluding hydrogens is 679 g/mol. The number of fused-ring (bicyclic) bond motifs is 5. The molecule has 0 amide bonds. The number of nitrogens with zero attached hydrogens (tertiary/aromatic N) is 1. The normalized spacial score (nSPS) is 29.4. The molecular formula is C50H73NO4. The summed E-state index contributed by atoms with van der Waals surface area (Å²) < 4.78 is 12.0. The molecule has 6 rings (SSSR count). The molecule has 5 nitrogen and oxygen atoms in total. The summed E-state index contributed by atoms with van der Waals surface area (Å²) in [4.78, 5) is 17.5. The van der Waals surface area contributed by atoms with Gasteiger partial charge in [0.25, 0.3) is 0 Å². The molecule has 2 aromatic rings. The molecule has 4 aliphatic carbocycles. The Balaban J connectivity index is 0.892. The first-order chi connectivity index (χ1) is 26.5. The standard InChI is InChI=1S/C50H73NO4/c1-7-8-15-37-17-21-40(22-18-37)51-34-38-19-23-41(33-47(38)52)54-31-11-9-10-16-48(53)55-42-27-29-49(5)39(32-42)20-24-43-45-26-25-44(36(4)14-12-13-35(2)3)50(45,6)30-28-46(43)49/h17-23,33-36,42-46,52H,7-16,24-32H2,1-6H3/t36-,42+,43+,44-,45+,46+,49+,50-/m1/s1. The molecule has 55 heavy (non-hydrogen) atoms. The minimum Gasteiger partial charge on any atom is -0.507 e. The van der Waals surface area contributed by atoms with Crippen molar-refractivity contribution in [2.45, 2.75) is 163 Å². The zero-order chi connectivity index (χ0) is 39.0. The molecule has 5 heteroatoms. The topological polar surface area (TPSA) is 68.1 Å². The Morgan fingerprint density at radius 2 is 1.75 bits per heavy atom. The summed E-state index contributed by atoms with van der Waals surface area (Å²) in [6, 6.07) is 13.6. The van der Waals surface area contributed by atoms with Gasteiger partial charge >= 0.3 is 5.97 Å². The van der Waals surface area contributed by atoms with Crippen LogP contribution in [-0.4, -0.2) is 30.0 Å². The highest BCUT2D eigenvalue weighted by molar-refractivity contribution is 5.85. The van der Waals surface area contributed by atoms with E-state index in [0.717, 1.165) is 86.1 Å². The zero-order valence-corrected chi connectivity index (χ0v) is 35.3. The molecule has 0 radical (unpaired) electrons. The van der Waals surface area contributed by atoms with Crippen LogP contribution in [0.25, 0.3) is 0 Å². The van der Waals surface area contributed by atoms with Gasteiger partial charge in [0.2, 0.25) is 0 Å². The molecule has 0 bridgehead atoms. The fourth-order valence-corrected chi connectivity index (χ4v) is 11.7. The quantitative estimate of drug-likeness (QED) is 0.0713. The predicted molar refractivity (Wildman–Crippen MR) is 227 cm³/mol. The number of allylic oxidation sites excluding steroid dienone is 1. The van der Waals surface area contributed by atoms with Crippen molar-refractivity contribution >= 4 is 17.9 Å². The molecule has 1 N–H and O–H groups in total. The number of ether oxygens (including phenoxy) is 2. The molecule has 2 aromatic carbocycles. The predicted octanol–water partition coefficient (Wildman–Crippen LogP) is 13.4. The van der Waals surface area contributed by atoms with Crippen molar-refractivity contribution < 1.29 is 19.4 Å². The number of benzene rings is 2. The SMILES string of the molecule is CCCCc1ccc(N=Cc2ccc(OCCCCCC(=O)O[C@H]3CC[C@@]4(C)C(=CC[C@H]5[C@@H]6CC[C@H]([C@H](C)CCCC(C)C)[C@@]6(C)CC[C@@H]54)C3)cc2O)cc1. The van der Waals surface area contributed by atoms with Crippen molar-refractivity contribution in [3.8, 4) is 11.5 Å². The average molecular weight is 752 g/mol. The van der Waals surface area contributed by atoms with E-state index < -0.39 is 0 Å². The van der Waals surface area contributed by atoms with E-state index >= 15 is 0 Å². The second kappa shape index (κ2) is 18.9. The number of aryl methyl sites for hydroxylation is 1. The first kappa shape index (κ1) is 41.6. The third kappa shape index (κ3) is 10.1. The third-order valence-corrected chi connectivity index (χ3v) is 15.0. The van der Waals surface area contributed by atoms with E-state index in [1.807, 2.05) is 24.3 Å². The van der Waals surface area contributed by atoms with Gasteiger partial charge in [0, 0.05) is 30.7 Å². The van der Waals surface area contributed by atoms with E-state index in [1.54, 1.807) is 17.9 Å². The lowest BCUT2D eigenvalue weighted by atomic mass is 9.47. The van der Waals surface area contributed by atoms with E-state index in [2.05, 4.69) is 64.7 Å². The highest BCUT2D eigenvalue weighted by atomic mass is 16.5. The lowest BCUT2D eigenvalue weighted by molar-refractivity contribution is -0.151. The van der Waals surface area contributed by atoms with E-state index in [0.29, 0.717) is 29.8 Å². The number of aliphatic imine (C=N–C) groups is 1. The Morgan fingerprint density at radius 1 is 0.927 bits per heavy atom. The van der Waals surface area contributed by atoms with E-state index in [1.165, 1.54) is 69.8 Å². The van der Waals surface area contributed by atoms with Crippen molar-refractivity contribution in [2.24, 2.45) is 51.3 Å². The maximum atomic E-state index is 12.9. The van der Waals surface area contributed by atoms with E-state index in [9.17, 15) is 9.90 Å². The van der Waals surface area contributed by atoms with Crippen LogP contribution in [0.3, 0.4) is 0 Å². The molecule has 0 unspecified atom stereocenters. The largest absolute Gasteiger partial charge is 0.507 e. The number of carbonyl (C=O) groups is 1. The van der Waals surface area contributed by atoms with Gasteiger partial charge in [0.05, 0.1) is 12.3 Å². The maximum absolute atomic E-state index is 12.9. The van der Waals surface area contributed by atoms with E-state index in [-0.39, 0.29) is 23.2 Å². The van der Waals surface area contributed by atoms with Crippen molar-refractivity contribution in [2.75, 3.05) is 6.61 Å². The molecule has 8 atom stereocenters. The van der Waals surface area contributed by atoms with Gasteiger partial charge in [0.1, 0.15) is 17.6 Å². The molecule has 0 spiro atoms. The summed E-state index contributed by atoms with van der Waals surface area (Å²) in [6.07, 6.45) is 25.0. The molecule has 302 valence electrons. The molecule has 0 aromatic heterocycles. The fraction of sp³-hybridized carbons (Fsp3) is 0.680. The number of unbranched alkanes of at least 4 members (excludes halogenated alkanes) is 3. The van der Waals surface area contributed by atoms with Gasteiger partial charge in [-0.25, -0.2) is 0 Å². The van der Waals surface area contributed by atoms with Gasteiger partial charge in [-0.2, -0.15) is 0 Å². The first-order valence-electron chi connectivity index (χ1n) is 22.5. The summed E-state index contributed by atoms with van der Waals surface area (Å²) in [6.45, 7) is 15.3. The minimum absolute atomic E-state index is 0.0277. The van der Waals surface area contributed by atoms with Gasteiger partial charge in [-0.3, -0.25) is 9.79 Å². The highest BCUT2D eigenvalue weighted by Crippen LogP contribution is 2.67. The lowest BCUT2D eigenvalue weighted by Crippen LogP contribution is -2.51. The number of phenols is 1. The smallest absolute Gasteiger partial charge is 0.306 e. The number of hydrogen-bond acceptors (Lipinski definition) is 5. The van der Waals surface area contributed by atoms with Crippen LogP contribution in [0.5, 0.6) is 11.5 Å². The molecule has 3 fully saturated rings. The first-order valence-corrected chi connectivity index (χ1v) is 22.5. The maximum Gasteiger partial charge on any atom is 0.306 e. The van der Waals surface area contributed by atoms with Crippen LogP contribution in [0.4, 0.5) is 5.69 Å². The molecule has 3 saturated carbocycles. The number of esters is 1. The van der Waals surface area contributed by atoms with Crippen LogP contribution in [0.1, 0.15) is 162 Å². The number of phenolic OH excluding ortho intramolecular Hbond substituents is 1. The van der Waals surface area contributed by atoms with Crippen molar-refractivity contribution in [3.05, 3.63) is 65.2 Å². The van der Waals surface area contributed by atoms with E-state index in [4.69, 9.17) is 9.47 Å². The summed E-state index contributed by atoms with van der Waals surface area (Å²) in [5.74, 6) is 5.80. The van der Waals surface area contributed by atoms with Crippen LogP contribution in [-0.2, 0) is 16.0 Å². The summed E-state index contributed by atoms with van der Waals surface area (Å²) in [5.41, 5.74) is 5.24. The fourth-order valence-electron chi connectivity index (χ4n) is 11.7. The Hall–Kier alpha value is -3.08. The van der Waals surface area contributed by atoms with Gasteiger partial charge in [-0.05, 0) is 153 Å². The second-order valence-electron chi connectivity index (χ2n) is 19.1. The van der Waals surface area contributed by atoms with Gasteiger partial charge in [-0.1, -0.05) is 91.0 Å². The average Bonchev–Trinajstić information content (AvgIpc) is 3.52. The Kier molecular flexibility index (Phi) is 14.3. The molecule has 0 heterocycles. The molecule has 0 saturated heterocycles. The van der Waals surface area contributed by atoms with Gasteiger partial charge in [0.15, 0.2) is 0 Å². The number of carbonyl (C=O) groups excluding carboxylic acids is 1. The van der Waals surface area contributed by atoms with Crippen LogP contribution in [0.2, 0.25) is 0 Å². The van der Waals surface area contributed by atoms with Crippen molar-refractivity contribution in [3.63, 3.8) is 0 Å². The van der Waals surface area contributed by atoms with Crippen LogP contribution in [0.15, 0.2) is 59.1 Å². The van der Waals surface area contributed by atoms with Crippen LogP contribution in [0, 0.1) is 46.3 Å². The Bertz CT molecular complexity index is 1610. The lowest BCUT2D eigenvalue weighted by Gasteiger charge is -2.58. The Morgan fingerprint density at radius 3 is 2.51 bits per heavy atom. The van der Waals surface area contributed by atoms with Crippen LogP contribution >= 0.6 is 0 Å². The summed E-state index contributed by atoms with van der Waals surface area (Å²) >= 11 is 0. The van der Waals surface area contributed by atoms with Crippen molar-refractivity contribution in [1.29, 1.82) is 0 Å². The van der Waals surface area contributed by atoms with Gasteiger partial charge < -0.3 is 14.6 Å². The monoisotopic (exact) mass is 752 g/mol. The molecule has 0 aliphatic heterocycles. The number of rotatable bonds is 18. The third-order valence-electron chi connectivity index (χ3n) is 15.0. The zero-order valence-electron chi connectivity index (χ0n) is 35.3.